The average Bonchev–Trinajstić information content (AvgIpc) is 2.45. The molecule has 0 amide bonds. The number of benzene rings is 1. The van der Waals surface area contributed by atoms with E-state index in [9.17, 15) is 18.3 Å². The molecule has 0 aliphatic rings. The van der Waals surface area contributed by atoms with Gasteiger partial charge in [0.2, 0.25) is 10.0 Å². The first-order chi connectivity index (χ1) is 10.7. The monoisotopic (exact) mass is 343 g/mol. The van der Waals surface area contributed by atoms with Crippen LogP contribution in [0, 0.1) is 12.8 Å². The van der Waals surface area contributed by atoms with Crippen LogP contribution in [0.4, 0.5) is 0 Å². The van der Waals surface area contributed by atoms with E-state index in [0.717, 1.165) is 5.56 Å². The Morgan fingerprint density at radius 1 is 1.26 bits per heavy atom. The number of ether oxygens (including phenoxy) is 1. The summed E-state index contributed by atoms with van der Waals surface area (Å²) in [5.41, 5.74) is 0.939. The number of esters is 1. The van der Waals surface area contributed by atoms with Crippen molar-refractivity contribution in [2.45, 2.75) is 51.2 Å². The van der Waals surface area contributed by atoms with Gasteiger partial charge in [-0.15, -0.1) is 0 Å². The van der Waals surface area contributed by atoms with Crippen molar-refractivity contribution < 1.29 is 23.1 Å². The quantitative estimate of drug-likeness (QED) is 0.700. The summed E-state index contributed by atoms with van der Waals surface area (Å²) in [5.74, 6) is -0.741. The number of rotatable bonds is 8. The zero-order chi connectivity index (χ0) is 17.6. The first kappa shape index (κ1) is 19.6. The van der Waals surface area contributed by atoms with Gasteiger partial charge in [0.25, 0.3) is 0 Å². The second-order valence-corrected chi connectivity index (χ2v) is 7.58. The van der Waals surface area contributed by atoms with Crippen LogP contribution in [-0.4, -0.2) is 38.2 Å². The van der Waals surface area contributed by atoms with Gasteiger partial charge in [-0.05, 0) is 38.3 Å². The molecule has 0 unspecified atom stereocenters. The molecule has 0 saturated heterocycles. The second-order valence-electron chi connectivity index (χ2n) is 5.87. The number of hydrogen-bond donors (Lipinski definition) is 2. The molecular formula is C16H25NO5S. The predicted molar refractivity (Wildman–Crippen MR) is 87.4 cm³/mol. The Labute approximate surface area is 137 Å². The number of nitrogens with one attached hydrogen (secondary N) is 1. The minimum absolute atomic E-state index is 0.0878. The van der Waals surface area contributed by atoms with E-state index >= 15 is 0 Å². The smallest absolute Gasteiger partial charge is 0.336 e. The summed E-state index contributed by atoms with van der Waals surface area (Å²) < 4.78 is 32.1. The van der Waals surface area contributed by atoms with Crippen molar-refractivity contribution in [2.24, 2.45) is 5.92 Å². The van der Waals surface area contributed by atoms with Gasteiger partial charge >= 0.3 is 5.97 Å². The molecule has 1 aromatic carbocycles. The number of aliphatic hydroxyl groups excluding tert-OH is 1. The first-order valence-electron chi connectivity index (χ1n) is 7.61. The number of sulfonamides is 1. The Morgan fingerprint density at radius 2 is 1.83 bits per heavy atom. The van der Waals surface area contributed by atoms with Gasteiger partial charge in [-0.2, -0.15) is 0 Å². The molecule has 0 heterocycles. The lowest BCUT2D eigenvalue weighted by Crippen LogP contribution is -2.48. The SMILES string of the molecule is CCOC(=O)[C@@H](O)[C@@H](CC(C)C)NS(=O)(=O)c1ccc(C)cc1. The fourth-order valence-electron chi connectivity index (χ4n) is 2.13. The third-order valence-corrected chi connectivity index (χ3v) is 4.78. The molecule has 2 atom stereocenters. The van der Waals surface area contributed by atoms with Gasteiger partial charge in [0.15, 0.2) is 6.10 Å². The Hall–Kier alpha value is -1.44. The van der Waals surface area contributed by atoms with Crippen LogP contribution in [0.3, 0.4) is 0 Å². The van der Waals surface area contributed by atoms with Crippen LogP contribution in [0.5, 0.6) is 0 Å². The number of aliphatic hydroxyl groups is 1. The molecule has 0 aromatic heterocycles. The van der Waals surface area contributed by atoms with Crippen LogP contribution >= 0.6 is 0 Å². The molecule has 0 bridgehead atoms. The van der Waals surface area contributed by atoms with E-state index in [1.165, 1.54) is 12.1 Å². The molecule has 0 aliphatic carbocycles. The van der Waals surface area contributed by atoms with E-state index in [0.29, 0.717) is 6.42 Å². The lowest BCUT2D eigenvalue weighted by molar-refractivity contribution is -0.154. The minimum atomic E-state index is -3.83. The summed E-state index contributed by atoms with van der Waals surface area (Å²) in [7, 11) is -3.83. The van der Waals surface area contributed by atoms with E-state index < -0.39 is 28.1 Å². The number of carbonyl (C=O) groups excluding carboxylic acids is 1. The second kappa shape index (κ2) is 8.42. The molecule has 2 N–H and O–H groups in total. The topological polar surface area (TPSA) is 92.7 Å². The maximum absolute atomic E-state index is 12.4. The summed E-state index contributed by atoms with van der Waals surface area (Å²) in [6.45, 7) is 7.36. The minimum Gasteiger partial charge on any atom is -0.464 e. The number of carbonyl (C=O) groups is 1. The van der Waals surface area contributed by atoms with E-state index in [1.54, 1.807) is 19.1 Å². The zero-order valence-corrected chi connectivity index (χ0v) is 14.8. The van der Waals surface area contributed by atoms with Crippen molar-refractivity contribution in [3.63, 3.8) is 0 Å². The highest BCUT2D eigenvalue weighted by Crippen LogP contribution is 2.15. The maximum atomic E-state index is 12.4. The third-order valence-electron chi connectivity index (χ3n) is 3.27. The lowest BCUT2D eigenvalue weighted by atomic mass is 10.0. The molecule has 0 radical (unpaired) electrons. The molecule has 0 fully saturated rings. The Kier molecular flexibility index (Phi) is 7.18. The van der Waals surface area contributed by atoms with Crippen molar-refractivity contribution >= 4 is 16.0 Å². The Balaban J connectivity index is 2.99. The predicted octanol–water partition coefficient (Wildman–Crippen LogP) is 1.61. The molecule has 1 rings (SSSR count). The van der Waals surface area contributed by atoms with Crippen molar-refractivity contribution in [1.29, 1.82) is 0 Å². The van der Waals surface area contributed by atoms with Gasteiger partial charge in [-0.25, -0.2) is 17.9 Å². The first-order valence-corrected chi connectivity index (χ1v) is 9.09. The van der Waals surface area contributed by atoms with Crippen LogP contribution in [0.1, 0.15) is 32.8 Å². The van der Waals surface area contributed by atoms with Gasteiger partial charge < -0.3 is 9.84 Å². The van der Waals surface area contributed by atoms with E-state index in [-0.39, 0.29) is 17.4 Å². The summed E-state index contributed by atoms with van der Waals surface area (Å²) in [6.07, 6.45) is -1.23. The standard InChI is InChI=1S/C16H25NO5S/c1-5-22-16(19)15(18)14(10-11(2)3)17-23(20,21)13-8-6-12(4)7-9-13/h6-9,11,14-15,17-18H,5,10H2,1-4H3/t14-,15+/m1/s1. The molecule has 6 nitrogen and oxygen atoms in total. The third kappa shape index (κ3) is 5.93. The summed E-state index contributed by atoms with van der Waals surface area (Å²) in [4.78, 5) is 11.8. The van der Waals surface area contributed by atoms with Crippen LogP contribution in [0.25, 0.3) is 0 Å². The van der Waals surface area contributed by atoms with E-state index in [1.807, 2.05) is 20.8 Å². The van der Waals surface area contributed by atoms with Crippen LogP contribution in [-0.2, 0) is 19.6 Å². The molecule has 0 spiro atoms. The zero-order valence-electron chi connectivity index (χ0n) is 13.9. The summed E-state index contributed by atoms with van der Waals surface area (Å²) in [6, 6.07) is 5.41. The van der Waals surface area contributed by atoms with Crippen LogP contribution in [0.2, 0.25) is 0 Å². The van der Waals surface area contributed by atoms with Gasteiger partial charge in [0, 0.05) is 0 Å². The van der Waals surface area contributed by atoms with Gasteiger partial charge in [0.05, 0.1) is 17.5 Å². The molecular weight excluding hydrogens is 318 g/mol. The fourth-order valence-corrected chi connectivity index (χ4v) is 3.38. The normalized spacial score (nSPS) is 14.5. The van der Waals surface area contributed by atoms with E-state index in [2.05, 4.69) is 4.72 Å². The largest absolute Gasteiger partial charge is 0.464 e. The number of hydrogen-bond acceptors (Lipinski definition) is 5. The van der Waals surface area contributed by atoms with Crippen molar-refractivity contribution in [3.05, 3.63) is 29.8 Å². The van der Waals surface area contributed by atoms with E-state index in [4.69, 9.17) is 4.74 Å². The Morgan fingerprint density at radius 3 is 2.30 bits per heavy atom. The summed E-state index contributed by atoms with van der Waals surface area (Å²) >= 11 is 0. The van der Waals surface area contributed by atoms with Gasteiger partial charge in [-0.1, -0.05) is 31.5 Å². The highest BCUT2D eigenvalue weighted by molar-refractivity contribution is 7.89. The van der Waals surface area contributed by atoms with Crippen molar-refractivity contribution in [3.8, 4) is 0 Å². The van der Waals surface area contributed by atoms with Crippen LogP contribution < -0.4 is 4.72 Å². The highest BCUT2D eigenvalue weighted by atomic mass is 32.2. The molecule has 7 heteroatoms. The number of aryl methyl sites for hydroxylation is 1. The molecule has 0 aliphatic heterocycles. The molecule has 130 valence electrons. The van der Waals surface area contributed by atoms with Crippen LogP contribution in [0.15, 0.2) is 29.2 Å². The molecule has 23 heavy (non-hydrogen) atoms. The lowest BCUT2D eigenvalue weighted by Gasteiger charge is -2.24. The maximum Gasteiger partial charge on any atom is 0.336 e. The summed E-state index contributed by atoms with van der Waals surface area (Å²) in [5, 5.41) is 10.1. The average molecular weight is 343 g/mol. The van der Waals surface area contributed by atoms with Gasteiger partial charge in [-0.3, -0.25) is 0 Å². The molecule has 1 aromatic rings. The molecule has 0 saturated carbocycles. The fraction of sp³-hybridized carbons (Fsp3) is 0.562. The van der Waals surface area contributed by atoms with Gasteiger partial charge in [0.1, 0.15) is 0 Å². The van der Waals surface area contributed by atoms with Crippen molar-refractivity contribution in [1.82, 2.24) is 4.72 Å². The Bertz CT molecular complexity index is 610. The van der Waals surface area contributed by atoms with Crippen molar-refractivity contribution in [2.75, 3.05) is 6.61 Å². The highest BCUT2D eigenvalue weighted by Gasteiger charge is 2.32.